The predicted octanol–water partition coefficient (Wildman–Crippen LogP) is 0.240. The molecule has 1 aliphatic rings. The second-order valence-electron chi connectivity index (χ2n) is 6.01. The number of carbonyl (C=O) groups excluding carboxylic acids is 1. The summed E-state index contributed by atoms with van der Waals surface area (Å²) in [6.45, 7) is 0.497. The third-order valence-corrected chi connectivity index (χ3v) is 5.80. The maximum absolute atomic E-state index is 12.3. The number of aliphatic hydroxyl groups is 1. The molecule has 0 bridgehead atoms. The summed E-state index contributed by atoms with van der Waals surface area (Å²) in [6.07, 6.45) is -0.360. The van der Waals surface area contributed by atoms with Gasteiger partial charge in [-0.1, -0.05) is 23.7 Å². The topological polar surface area (TPSA) is 90.0 Å². The first-order valence-corrected chi connectivity index (χ1v) is 9.41. The zero-order valence-corrected chi connectivity index (χ0v) is 15.2. The van der Waals surface area contributed by atoms with Gasteiger partial charge in [-0.2, -0.15) is 17.4 Å². The number of nitrogens with one attached hydrogen (secondary N) is 1. The van der Waals surface area contributed by atoms with E-state index in [1.807, 2.05) is 0 Å². The minimum absolute atomic E-state index is 0.104. The summed E-state index contributed by atoms with van der Waals surface area (Å²) < 4.78 is 27.2. The lowest BCUT2D eigenvalue weighted by Crippen LogP contribution is -2.56. The van der Waals surface area contributed by atoms with Crippen LogP contribution in [0.15, 0.2) is 24.3 Å². The second-order valence-corrected chi connectivity index (χ2v) is 8.36. The van der Waals surface area contributed by atoms with Crippen LogP contribution in [0.5, 0.6) is 0 Å². The summed E-state index contributed by atoms with van der Waals surface area (Å²) in [4.78, 5) is 13.9. The molecule has 1 aromatic carbocycles. The standard InChI is InChI=1S/C15H22ClN3O4S/c1-18(2)24(22,23)17-13-7-8-19(10-14(13)20)15(21)9-11-3-5-12(16)6-4-11/h3-6,13-14,17,20H,7-10H2,1-2H3/t13-,14-/m1/s1. The van der Waals surface area contributed by atoms with Gasteiger partial charge in [-0.15, -0.1) is 0 Å². The van der Waals surface area contributed by atoms with Crippen molar-refractivity contribution >= 4 is 27.7 Å². The molecule has 1 saturated heterocycles. The Morgan fingerprint density at radius 3 is 2.54 bits per heavy atom. The lowest BCUT2D eigenvalue weighted by Gasteiger charge is -2.36. The van der Waals surface area contributed by atoms with Crippen LogP contribution in [0, 0.1) is 0 Å². The highest BCUT2D eigenvalue weighted by Crippen LogP contribution is 2.15. The lowest BCUT2D eigenvalue weighted by atomic mass is 10.0. The number of β-amino-alcohol motifs (C(OH)–C–C–N with tert-alkyl or cyclic N) is 1. The van der Waals surface area contributed by atoms with Crippen molar-refractivity contribution in [3.63, 3.8) is 0 Å². The number of benzene rings is 1. The number of likely N-dealkylation sites (tertiary alicyclic amines) is 1. The van der Waals surface area contributed by atoms with Gasteiger partial charge in [0.05, 0.1) is 18.6 Å². The number of rotatable bonds is 5. The Morgan fingerprint density at radius 1 is 1.38 bits per heavy atom. The molecule has 1 fully saturated rings. The zero-order chi connectivity index (χ0) is 17.9. The minimum atomic E-state index is -3.61. The Labute approximate surface area is 147 Å². The summed E-state index contributed by atoms with van der Waals surface area (Å²) in [6, 6.07) is 6.42. The van der Waals surface area contributed by atoms with Crippen LogP contribution in [-0.2, 0) is 21.4 Å². The normalized spacial score (nSPS) is 22.0. The Morgan fingerprint density at radius 2 is 2.00 bits per heavy atom. The number of halogens is 1. The first-order valence-electron chi connectivity index (χ1n) is 7.59. The maximum atomic E-state index is 12.3. The Kier molecular flexibility index (Phi) is 6.22. The van der Waals surface area contributed by atoms with Gasteiger partial charge in [-0.3, -0.25) is 4.79 Å². The van der Waals surface area contributed by atoms with Crippen LogP contribution >= 0.6 is 11.6 Å². The molecule has 134 valence electrons. The number of amides is 1. The molecule has 0 aliphatic carbocycles. The van der Waals surface area contributed by atoms with Crippen molar-refractivity contribution in [2.24, 2.45) is 0 Å². The number of nitrogens with zero attached hydrogens (tertiary/aromatic N) is 2. The molecule has 1 aromatic rings. The molecule has 1 aliphatic heterocycles. The van der Waals surface area contributed by atoms with Crippen LogP contribution in [0.3, 0.4) is 0 Å². The average Bonchev–Trinajstić information content (AvgIpc) is 2.51. The van der Waals surface area contributed by atoms with E-state index >= 15 is 0 Å². The van der Waals surface area contributed by atoms with E-state index in [1.165, 1.54) is 14.1 Å². The van der Waals surface area contributed by atoms with Crippen molar-refractivity contribution in [1.29, 1.82) is 0 Å². The number of piperidine rings is 1. The SMILES string of the molecule is CN(C)S(=O)(=O)N[C@@H]1CCN(C(=O)Cc2ccc(Cl)cc2)C[C@H]1O. The fraction of sp³-hybridized carbons (Fsp3) is 0.533. The van der Waals surface area contributed by atoms with Gasteiger partial charge in [0.15, 0.2) is 0 Å². The first kappa shape index (κ1) is 19.1. The quantitative estimate of drug-likeness (QED) is 0.771. The predicted molar refractivity (Wildman–Crippen MR) is 91.9 cm³/mol. The smallest absolute Gasteiger partial charge is 0.279 e. The highest BCUT2D eigenvalue weighted by molar-refractivity contribution is 7.87. The van der Waals surface area contributed by atoms with E-state index in [9.17, 15) is 18.3 Å². The molecular weight excluding hydrogens is 354 g/mol. The number of hydrogen-bond acceptors (Lipinski definition) is 4. The molecule has 0 saturated carbocycles. The number of hydrogen-bond donors (Lipinski definition) is 2. The van der Waals surface area contributed by atoms with E-state index in [1.54, 1.807) is 29.2 Å². The Balaban J connectivity index is 1.92. The highest BCUT2D eigenvalue weighted by atomic mass is 35.5. The fourth-order valence-electron chi connectivity index (χ4n) is 2.48. The van der Waals surface area contributed by atoms with Crippen molar-refractivity contribution in [1.82, 2.24) is 13.9 Å². The van der Waals surface area contributed by atoms with Crippen molar-refractivity contribution in [2.75, 3.05) is 27.2 Å². The molecule has 2 rings (SSSR count). The molecule has 0 radical (unpaired) electrons. The fourth-order valence-corrected chi connectivity index (χ4v) is 3.48. The molecule has 0 aromatic heterocycles. The van der Waals surface area contributed by atoms with Gasteiger partial charge in [0.25, 0.3) is 10.2 Å². The highest BCUT2D eigenvalue weighted by Gasteiger charge is 2.33. The van der Waals surface area contributed by atoms with Crippen LogP contribution < -0.4 is 4.72 Å². The third kappa shape index (κ3) is 4.90. The van der Waals surface area contributed by atoms with Gasteiger partial charge < -0.3 is 10.0 Å². The first-order chi connectivity index (χ1) is 11.2. The molecule has 0 spiro atoms. The molecular formula is C15H22ClN3O4S. The van der Waals surface area contributed by atoms with Gasteiger partial charge >= 0.3 is 0 Å². The molecule has 1 amide bonds. The zero-order valence-electron chi connectivity index (χ0n) is 13.6. The Hall–Kier alpha value is -1.19. The summed E-state index contributed by atoms with van der Waals surface area (Å²) in [7, 11) is -0.781. The second kappa shape index (κ2) is 7.79. The van der Waals surface area contributed by atoms with E-state index in [0.29, 0.717) is 18.0 Å². The van der Waals surface area contributed by atoms with Crippen molar-refractivity contribution in [2.45, 2.75) is 25.0 Å². The number of aliphatic hydroxyl groups excluding tert-OH is 1. The van der Waals surface area contributed by atoms with E-state index in [0.717, 1.165) is 9.87 Å². The van der Waals surface area contributed by atoms with Crippen LogP contribution in [0.4, 0.5) is 0 Å². The monoisotopic (exact) mass is 375 g/mol. The van der Waals surface area contributed by atoms with Crippen molar-refractivity contribution < 1.29 is 18.3 Å². The van der Waals surface area contributed by atoms with Gasteiger partial charge in [-0.05, 0) is 24.1 Å². The molecule has 24 heavy (non-hydrogen) atoms. The van der Waals surface area contributed by atoms with E-state index in [2.05, 4.69) is 4.72 Å². The van der Waals surface area contributed by atoms with Crippen LogP contribution in [0.25, 0.3) is 0 Å². The van der Waals surface area contributed by atoms with Crippen LogP contribution in [0.1, 0.15) is 12.0 Å². The van der Waals surface area contributed by atoms with Crippen molar-refractivity contribution in [3.05, 3.63) is 34.9 Å². The van der Waals surface area contributed by atoms with Crippen LogP contribution in [-0.4, -0.2) is 68.0 Å². The molecule has 0 unspecified atom stereocenters. The van der Waals surface area contributed by atoms with Gasteiger partial charge in [-0.25, -0.2) is 0 Å². The van der Waals surface area contributed by atoms with Gasteiger partial charge in [0.2, 0.25) is 5.91 Å². The lowest BCUT2D eigenvalue weighted by molar-refractivity contribution is -0.134. The summed E-state index contributed by atoms with van der Waals surface area (Å²) in [5, 5.41) is 10.8. The molecule has 1 heterocycles. The Bertz CT molecular complexity index is 678. The molecule has 2 N–H and O–H groups in total. The minimum Gasteiger partial charge on any atom is -0.390 e. The van der Waals surface area contributed by atoms with E-state index < -0.39 is 22.4 Å². The van der Waals surface area contributed by atoms with Gasteiger partial charge in [0.1, 0.15) is 0 Å². The molecule has 7 nitrogen and oxygen atoms in total. The number of carbonyl (C=O) groups is 1. The maximum Gasteiger partial charge on any atom is 0.279 e. The van der Waals surface area contributed by atoms with Crippen LogP contribution in [0.2, 0.25) is 5.02 Å². The van der Waals surface area contributed by atoms with Gasteiger partial charge in [0, 0.05) is 32.2 Å². The van der Waals surface area contributed by atoms with E-state index in [-0.39, 0.29) is 18.9 Å². The summed E-state index contributed by atoms with van der Waals surface area (Å²) >= 11 is 5.82. The third-order valence-electron chi connectivity index (χ3n) is 3.98. The largest absolute Gasteiger partial charge is 0.390 e. The summed E-state index contributed by atoms with van der Waals surface area (Å²) in [5.74, 6) is -0.106. The summed E-state index contributed by atoms with van der Waals surface area (Å²) in [5.41, 5.74) is 0.842. The van der Waals surface area contributed by atoms with Crippen molar-refractivity contribution in [3.8, 4) is 0 Å². The molecule has 2 atom stereocenters. The molecule has 9 heteroatoms. The van der Waals surface area contributed by atoms with E-state index in [4.69, 9.17) is 11.6 Å². The average molecular weight is 376 g/mol.